The van der Waals surface area contributed by atoms with Gasteiger partial charge in [-0.05, 0) is 50.7 Å². The van der Waals surface area contributed by atoms with Gasteiger partial charge in [0.25, 0.3) is 0 Å². The molecule has 1 aliphatic carbocycles. The third-order valence-corrected chi connectivity index (χ3v) is 4.49. The molecule has 0 heterocycles. The van der Waals surface area contributed by atoms with Gasteiger partial charge in [0.05, 0.1) is 13.7 Å². The Hall–Kier alpha value is -1.55. The van der Waals surface area contributed by atoms with E-state index in [2.05, 4.69) is 13.0 Å². The summed E-state index contributed by atoms with van der Waals surface area (Å²) in [5, 5.41) is 0. The molecule has 0 bridgehead atoms. The smallest absolute Gasteiger partial charge is 0.326 e. The Morgan fingerprint density at radius 2 is 2.19 bits per heavy atom. The van der Waals surface area contributed by atoms with E-state index in [-0.39, 0.29) is 11.9 Å². The molecule has 0 aliphatic heterocycles. The maximum absolute atomic E-state index is 11.9. The fraction of sp³-hybridized carbons (Fsp3) is 0.588. The Kier molecular flexibility index (Phi) is 4.88. The van der Waals surface area contributed by atoms with Crippen LogP contribution >= 0.6 is 0 Å². The maximum Gasteiger partial charge on any atom is 0.326 e. The number of rotatable bonds is 5. The van der Waals surface area contributed by atoms with Crippen molar-refractivity contribution in [1.82, 2.24) is 0 Å². The first kappa shape index (κ1) is 15.8. The van der Waals surface area contributed by atoms with E-state index in [1.54, 1.807) is 0 Å². The molecule has 1 fully saturated rings. The summed E-state index contributed by atoms with van der Waals surface area (Å²) in [6.45, 7) is 4.68. The van der Waals surface area contributed by atoms with E-state index in [1.807, 2.05) is 19.1 Å². The van der Waals surface area contributed by atoms with Crippen LogP contribution in [0.1, 0.15) is 36.8 Å². The average Bonchev–Trinajstić information content (AvgIpc) is 2.83. The molecule has 1 aromatic carbocycles. The summed E-state index contributed by atoms with van der Waals surface area (Å²) < 4.78 is 10.7. The average molecular weight is 291 g/mol. The van der Waals surface area contributed by atoms with Crippen molar-refractivity contribution in [2.75, 3.05) is 13.7 Å². The topological polar surface area (TPSA) is 61.5 Å². The van der Waals surface area contributed by atoms with Crippen LogP contribution in [0, 0.1) is 19.8 Å². The van der Waals surface area contributed by atoms with Crippen LogP contribution in [0.5, 0.6) is 5.75 Å². The molecule has 0 spiro atoms. The third-order valence-electron chi connectivity index (χ3n) is 4.49. The monoisotopic (exact) mass is 291 g/mol. The normalized spacial score (nSPS) is 24.9. The Balaban J connectivity index is 1.92. The van der Waals surface area contributed by atoms with Gasteiger partial charge in [-0.25, -0.2) is 0 Å². The summed E-state index contributed by atoms with van der Waals surface area (Å²) in [7, 11) is 1.40. The van der Waals surface area contributed by atoms with E-state index in [0.29, 0.717) is 13.0 Å². The number of nitrogens with two attached hydrogens (primary N) is 1. The van der Waals surface area contributed by atoms with Crippen molar-refractivity contribution >= 4 is 5.97 Å². The van der Waals surface area contributed by atoms with Crippen LogP contribution in [0.15, 0.2) is 18.2 Å². The van der Waals surface area contributed by atoms with Gasteiger partial charge in [-0.15, -0.1) is 0 Å². The van der Waals surface area contributed by atoms with Gasteiger partial charge in [0, 0.05) is 0 Å². The van der Waals surface area contributed by atoms with Crippen molar-refractivity contribution < 1.29 is 14.3 Å². The first-order valence-electron chi connectivity index (χ1n) is 7.54. The molecule has 1 aliphatic rings. The predicted molar refractivity (Wildman–Crippen MR) is 82.3 cm³/mol. The summed E-state index contributed by atoms with van der Waals surface area (Å²) >= 11 is 0. The SMILES string of the molecule is COC(=O)C1(N)CCCC1CCOc1ccc(C)cc1C. The highest BCUT2D eigenvalue weighted by Crippen LogP contribution is 2.37. The standard InChI is InChI=1S/C17H25NO3/c1-12-6-7-15(13(2)11-12)21-10-8-14-5-4-9-17(14,18)16(19)20-3/h6-7,11,14H,4-5,8-10,18H2,1-3H3. The molecule has 4 nitrogen and oxygen atoms in total. The number of hydrogen-bond acceptors (Lipinski definition) is 4. The molecule has 2 rings (SSSR count). The van der Waals surface area contributed by atoms with Crippen LogP contribution < -0.4 is 10.5 Å². The third kappa shape index (κ3) is 3.38. The molecule has 1 saturated carbocycles. The lowest BCUT2D eigenvalue weighted by molar-refractivity contribution is -0.148. The molecule has 0 amide bonds. The van der Waals surface area contributed by atoms with E-state index in [9.17, 15) is 4.79 Å². The molecular weight excluding hydrogens is 266 g/mol. The second kappa shape index (κ2) is 6.48. The minimum Gasteiger partial charge on any atom is -0.493 e. The van der Waals surface area contributed by atoms with Gasteiger partial charge in [0.1, 0.15) is 11.3 Å². The van der Waals surface area contributed by atoms with Gasteiger partial charge in [-0.1, -0.05) is 24.1 Å². The zero-order chi connectivity index (χ0) is 15.5. The summed E-state index contributed by atoms with van der Waals surface area (Å²) in [6.07, 6.45) is 3.41. The van der Waals surface area contributed by atoms with Gasteiger partial charge in [-0.3, -0.25) is 4.79 Å². The number of esters is 1. The van der Waals surface area contributed by atoms with E-state index >= 15 is 0 Å². The Labute approximate surface area is 126 Å². The van der Waals surface area contributed by atoms with Crippen LogP contribution in [0.3, 0.4) is 0 Å². The Bertz CT molecular complexity index is 515. The molecule has 2 atom stereocenters. The predicted octanol–water partition coefficient (Wildman–Crippen LogP) is 2.74. The van der Waals surface area contributed by atoms with Gasteiger partial charge in [0.2, 0.25) is 0 Å². The number of carbonyl (C=O) groups is 1. The van der Waals surface area contributed by atoms with Crippen LogP contribution in [0.4, 0.5) is 0 Å². The number of hydrogen-bond donors (Lipinski definition) is 1. The molecule has 21 heavy (non-hydrogen) atoms. The first-order chi connectivity index (χ1) is 9.97. The minimum atomic E-state index is -0.833. The molecular formula is C17H25NO3. The Morgan fingerprint density at radius 1 is 1.43 bits per heavy atom. The maximum atomic E-state index is 11.9. The van der Waals surface area contributed by atoms with Crippen LogP contribution in [0.25, 0.3) is 0 Å². The molecule has 116 valence electrons. The second-order valence-corrected chi connectivity index (χ2v) is 6.03. The number of benzene rings is 1. The van der Waals surface area contributed by atoms with E-state index < -0.39 is 5.54 Å². The highest BCUT2D eigenvalue weighted by atomic mass is 16.5. The quantitative estimate of drug-likeness (QED) is 0.847. The zero-order valence-electron chi connectivity index (χ0n) is 13.1. The Morgan fingerprint density at radius 3 is 2.86 bits per heavy atom. The molecule has 2 unspecified atom stereocenters. The van der Waals surface area contributed by atoms with Crippen molar-refractivity contribution in [2.45, 2.75) is 45.1 Å². The molecule has 2 N–H and O–H groups in total. The van der Waals surface area contributed by atoms with Crippen LogP contribution in [-0.4, -0.2) is 25.2 Å². The number of aryl methyl sites for hydroxylation is 2. The number of ether oxygens (including phenoxy) is 2. The lowest BCUT2D eigenvalue weighted by Gasteiger charge is -2.28. The lowest BCUT2D eigenvalue weighted by atomic mass is 9.86. The fourth-order valence-corrected chi connectivity index (χ4v) is 3.24. The number of carbonyl (C=O) groups excluding carboxylic acids is 1. The summed E-state index contributed by atoms with van der Waals surface area (Å²) in [5.74, 6) is 0.742. The van der Waals surface area contributed by atoms with E-state index in [4.69, 9.17) is 15.2 Å². The van der Waals surface area contributed by atoms with Crippen molar-refractivity contribution in [3.63, 3.8) is 0 Å². The van der Waals surface area contributed by atoms with Crippen molar-refractivity contribution in [2.24, 2.45) is 11.7 Å². The zero-order valence-corrected chi connectivity index (χ0v) is 13.1. The molecule has 4 heteroatoms. The highest BCUT2D eigenvalue weighted by molar-refractivity contribution is 5.81. The largest absolute Gasteiger partial charge is 0.493 e. The summed E-state index contributed by atoms with van der Waals surface area (Å²) in [4.78, 5) is 11.9. The van der Waals surface area contributed by atoms with Gasteiger partial charge in [-0.2, -0.15) is 0 Å². The summed E-state index contributed by atoms with van der Waals surface area (Å²) in [5.41, 5.74) is 7.78. The van der Waals surface area contributed by atoms with E-state index in [1.165, 1.54) is 12.7 Å². The highest BCUT2D eigenvalue weighted by Gasteiger charge is 2.46. The van der Waals surface area contributed by atoms with Crippen molar-refractivity contribution in [1.29, 1.82) is 0 Å². The van der Waals surface area contributed by atoms with Gasteiger partial charge >= 0.3 is 5.97 Å². The lowest BCUT2D eigenvalue weighted by Crippen LogP contribution is -2.52. The van der Waals surface area contributed by atoms with Crippen molar-refractivity contribution in [3.8, 4) is 5.75 Å². The van der Waals surface area contributed by atoms with Crippen LogP contribution in [-0.2, 0) is 9.53 Å². The first-order valence-corrected chi connectivity index (χ1v) is 7.54. The molecule has 0 saturated heterocycles. The summed E-state index contributed by atoms with van der Waals surface area (Å²) in [6, 6.07) is 6.14. The number of methoxy groups -OCH3 is 1. The van der Waals surface area contributed by atoms with Crippen LogP contribution in [0.2, 0.25) is 0 Å². The van der Waals surface area contributed by atoms with E-state index in [0.717, 1.165) is 30.6 Å². The van der Waals surface area contributed by atoms with Gasteiger partial charge < -0.3 is 15.2 Å². The molecule has 0 aromatic heterocycles. The molecule has 1 aromatic rings. The second-order valence-electron chi connectivity index (χ2n) is 6.03. The minimum absolute atomic E-state index is 0.135. The fourth-order valence-electron chi connectivity index (χ4n) is 3.24. The molecule has 0 radical (unpaired) electrons. The van der Waals surface area contributed by atoms with Crippen molar-refractivity contribution in [3.05, 3.63) is 29.3 Å². The van der Waals surface area contributed by atoms with Gasteiger partial charge in [0.15, 0.2) is 0 Å².